The van der Waals surface area contributed by atoms with Gasteiger partial charge in [0, 0.05) is 22.8 Å². The fraction of sp³-hybridized carbons (Fsp3) is 0.588. The highest BCUT2D eigenvalue weighted by atomic mass is 35.5. The third kappa shape index (κ3) is 4.21. The quantitative estimate of drug-likeness (QED) is 0.882. The minimum absolute atomic E-state index is 0.0426. The molecule has 0 radical (unpaired) electrons. The van der Waals surface area contributed by atoms with Gasteiger partial charge in [0.15, 0.2) is 0 Å². The number of nitrogens with zero attached hydrogens (tertiary/aromatic N) is 1. The molecule has 1 aliphatic rings. The topological polar surface area (TPSA) is 32.3 Å². The van der Waals surface area contributed by atoms with Crippen molar-refractivity contribution in [2.45, 2.75) is 58.5 Å². The van der Waals surface area contributed by atoms with Crippen molar-refractivity contribution >= 4 is 23.2 Å². The Labute approximate surface area is 132 Å². The smallest absolute Gasteiger partial charge is 0.238 e. The molecule has 2 rings (SSSR count). The molecule has 1 saturated carbocycles. The van der Waals surface area contributed by atoms with Gasteiger partial charge >= 0.3 is 0 Å². The van der Waals surface area contributed by atoms with Gasteiger partial charge in [0.25, 0.3) is 0 Å². The summed E-state index contributed by atoms with van der Waals surface area (Å²) < 4.78 is 0. The van der Waals surface area contributed by atoms with Crippen LogP contribution in [0.25, 0.3) is 0 Å². The van der Waals surface area contributed by atoms with Crippen LogP contribution in [0.15, 0.2) is 18.2 Å². The van der Waals surface area contributed by atoms with Gasteiger partial charge in [-0.05, 0) is 51.3 Å². The normalized spacial score (nSPS) is 15.9. The molecule has 0 spiro atoms. The monoisotopic (exact) mass is 308 g/mol. The number of rotatable bonds is 5. The van der Waals surface area contributed by atoms with E-state index in [1.165, 1.54) is 25.7 Å². The van der Waals surface area contributed by atoms with Crippen molar-refractivity contribution in [3.63, 3.8) is 0 Å². The molecule has 1 aliphatic carbocycles. The summed E-state index contributed by atoms with van der Waals surface area (Å²) in [6, 6.07) is 6.54. The van der Waals surface area contributed by atoms with Crippen molar-refractivity contribution < 1.29 is 4.79 Å². The highest BCUT2D eigenvalue weighted by Crippen LogP contribution is 2.26. The van der Waals surface area contributed by atoms with E-state index >= 15 is 0 Å². The predicted octanol–water partition coefficient (Wildman–Crippen LogP) is 4.24. The minimum Gasteiger partial charge on any atom is -0.325 e. The molecular formula is C17H25ClN2O. The second kappa shape index (κ2) is 7.28. The molecule has 0 heterocycles. The molecular weight excluding hydrogens is 284 g/mol. The SMILES string of the molecule is Cc1c(Cl)cccc1NC(=O)CN(C(C)C)C1CCCC1. The van der Waals surface area contributed by atoms with Gasteiger partial charge in [0.1, 0.15) is 0 Å². The van der Waals surface area contributed by atoms with Crippen LogP contribution in [0.5, 0.6) is 0 Å². The molecule has 0 aliphatic heterocycles. The van der Waals surface area contributed by atoms with E-state index in [9.17, 15) is 4.79 Å². The molecule has 3 nitrogen and oxygen atoms in total. The summed E-state index contributed by atoms with van der Waals surface area (Å²) >= 11 is 6.10. The first-order valence-corrected chi connectivity index (χ1v) is 8.17. The van der Waals surface area contributed by atoms with Crippen molar-refractivity contribution in [2.75, 3.05) is 11.9 Å². The number of carbonyl (C=O) groups excluding carboxylic acids is 1. The van der Waals surface area contributed by atoms with Crippen molar-refractivity contribution in [1.29, 1.82) is 0 Å². The fourth-order valence-corrected chi connectivity index (χ4v) is 3.24. The lowest BCUT2D eigenvalue weighted by Crippen LogP contribution is -2.43. The number of nitrogens with one attached hydrogen (secondary N) is 1. The van der Waals surface area contributed by atoms with Crippen molar-refractivity contribution in [2.24, 2.45) is 0 Å². The first-order chi connectivity index (χ1) is 9.99. The number of carbonyl (C=O) groups is 1. The van der Waals surface area contributed by atoms with Gasteiger partial charge < -0.3 is 5.32 Å². The van der Waals surface area contributed by atoms with Gasteiger partial charge in [-0.25, -0.2) is 0 Å². The summed E-state index contributed by atoms with van der Waals surface area (Å²) in [4.78, 5) is 14.7. The van der Waals surface area contributed by atoms with Gasteiger partial charge in [0.05, 0.1) is 6.54 Å². The number of hydrogen-bond acceptors (Lipinski definition) is 2. The Bertz CT molecular complexity index is 496. The zero-order chi connectivity index (χ0) is 15.4. The lowest BCUT2D eigenvalue weighted by molar-refractivity contribution is -0.118. The number of anilines is 1. The second-order valence-electron chi connectivity index (χ2n) is 6.16. The molecule has 116 valence electrons. The van der Waals surface area contributed by atoms with Crippen molar-refractivity contribution in [3.05, 3.63) is 28.8 Å². The Morgan fingerprint density at radius 1 is 1.38 bits per heavy atom. The lowest BCUT2D eigenvalue weighted by atomic mass is 10.1. The number of amides is 1. The third-order valence-electron chi connectivity index (χ3n) is 4.32. The maximum Gasteiger partial charge on any atom is 0.238 e. The van der Waals surface area contributed by atoms with E-state index in [-0.39, 0.29) is 5.91 Å². The van der Waals surface area contributed by atoms with Crippen LogP contribution in [-0.2, 0) is 4.79 Å². The van der Waals surface area contributed by atoms with Crippen molar-refractivity contribution in [3.8, 4) is 0 Å². The van der Waals surface area contributed by atoms with Crippen LogP contribution >= 0.6 is 11.6 Å². The molecule has 0 unspecified atom stereocenters. The van der Waals surface area contributed by atoms with E-state index in [1.807, 2.05) is 25.1 Å². The van der Waals surface area contributed by atoms with Crippen LogP contribution in [-0.4, -0.2) is 29.4 Å². The maximum atomic E-state index is 12.4. The molecule has 0 saturated heterocycles. The zero-order valence-corrected chi connectivity index (χ0v) is 13.9. The van der Waals surface area contributed by atoms with Gasteiger partial charge in [-0.3, -0.25) is 9.69 Å². The largest absolute Gasteiger partial charge is 0.325 e. The van der Waals surface area contributed by atoms with E-state index < -0.39 is 0 Å². The zero-order valence-electron chi connectivity index (χ0n) is 13.2. The standard InChI is InChI=1S/C17H25ClN2O/c1-12(2)20(14-7-4-5-8-14)11-17(21)19-16-10-6-9-15(18)13(16)3/h6,9-10,12,14H,4-5,7-8,11H2,1-3H3,(H,19,21). The van der Waals surface area contributed by atoms with E-state index in [4.69, 9.17) is 11.6 Å². The molecule has 0 bridgehead atoms. The Hall–Kier alpha value is -1.06. The van der Waals surface area contributed by atoms with E-state index in [1.54, 1.807) is 0 Å². The van der Waals surface area contributed by atoms with Crippen LogP contribution in [0.4, 0.5) is 5.69 Å². The summed E-state index contributed by atoms with van der Waals surface area (Å²) in [5.74, 6) is 0.0426. The van der Waals surface area contributed by atoms with Gasteiger partial charge in [-0.1, -0.05) is 30.5 Å². The number of benzene rings is 1. The number of halogens is 1. The third-order valence-corrected chi connectivity index (χ3v) is 4.73. The molecule has 0 atom stereocenters. The summed E-state index contributed by atoms with van der Waals surface area (Å²) in [5.41, 5.74) is 1.73. The molecule has 0 aromatic heterocycles. The first kappa shape index (κ1) is 16.3. The summed E-state index contributed by atoms with van der Waals surface area (Å²) in [5, 5.41) is 3.68. The molecule has 1 aromatic carbocycles. The van der Waals surface area contributed by atoms with Gasteiger partial charge in [0.2, 0.25) is 5.91 Å². The predicted molar refractivity (Wildman–Crippen MR) is 88.9 cm³/mol. The molecule has 1 aromatic rings. The lowest BCUT2D eigenvalue weighted by Gasteiger charge is -2.31. The molecule has 21 heavy (non-hydrogen) atoms. The highest BCUT2D eigenvalue weighted by Gasteiger charge is 2.26. The van der Waals surface area contributed by atoms with Crippen LogP contribution in [0.3, 0.4) is 0 Å². The summed E-state index contributed by atoms with van der Waals surface area (Å²) in [6.07, 6.45) is 4.98. The Balaban J connectivity index is 2.00. The first-order valence-electron chi connectivity index (χ1n) is 7.79. The van der Waals surface area contributed by atoms with E-state index in [0.717, 1.165) is 11.3 Å². The maximum absolute atomic E-state index is 12.4. The molecule has 1 N–H and O–H groups in total. The Kier molecular flexibility index (Phi) is 5.65. The van der Waals surface area contributed by atoms with Crippen LogP contribution in [0.2, 0.25) is 5.02 Å². The summed E-state index contributed by atoms with van der Waals surface area (Å²) in [6.45, 7) is 6.70. The van der Waals surface area contributed by atoms with Crippen LogP contribution in [0.1, 0.15) is 45.1 Å². The molecule has 4 heteroatoms. The minimum atomic E-state index is 0.0426. The summed E-state index contributed by atoms with van der Waals surface area (Å²) in [7, 11) is 0. The average molecular weight is 309 g/mol. The van der Waals surface area contributed by atoms with Crippen LogP contribution < -0.4 is 5.32 Å². The second-order valence-corrected chi connectivity index (χ2v) is 6.57. The van der Waals surface area contributed by atoms with Crippen LogP contribution in [0, 0.1) is 6.92 Å². The van der Waals surface area contributed by atoms with Gasteiger partial charge in [-0.15, -0.1) is 0 Å². The number of hydrogen-bond donors (Lipinski definition) is 1. The van der Waals surface area contributed by atoms with Gasteiger partial charge in [-0.2, -0.15) is 0 Å². The van der Waals surface area contributed by atoms with Crippen molar-refractivity contribution in [1.82, 2.24) is 4.90 Å². The molecule has 1 amide bonds. The van der Waals surface area contributed by atoms with E-state index in [0.29, 0.717) is 23.7 Å². The Morgan fingerprint density at radius 2 is 2.05 bits per heavy atom. The average Bonchev–Trinajstić information content (AvgIpc) is 2.95. The fourth-order valence-electron chi connectivity index (χ4n) is 3.07. The Morgan fingerprint density at radius 3 is 2.67 bits per heavy atom. The van der Waals surface area contributed by atoms with E-state index in [2.05, 4.69) is 24.1 Å². The highest BCUT2D eigenvalue weighted by molar-refractivity contribution is 6.31. The molecule has 1 fully saturated rings.